The van der Waals surface area contributed by atoms with Gasteiger partial charge >= 0.3 is 26.2 Å². The first-order valence-corrected chi connectivity index (χ1v) is 4.45. The average molecular weight is 274 g/mol. The van der Waals surface area contributed by atoms with E-state index in [1.54, 1.807) is 0 Å². The van der Waals surface area contributed by atoms with Crippen molar-refractivity contribution in [2.24, 2.45) is 0 Å². The molecule has 0 fully saturated rings. The Balaban J connectivity index is -0.0000000600. The summed E-state index contributed by atoms with van der Waals surface area (Å²) in [6.45, 7) is 5.70. The summed E-state index contributed by atoms with van der Waals surface area (Å²) < 4.78 is 0. The third-order valence-electron chi connectivity index (χ3n) is 0.773. The zero-order valence-electron chi connectivity index (χ0n) is 6.11. The number of halogens is 2. The van der Waals surface area contributed by atoms with Gasteiger partial charge in [0.05, 0.1) is 0 Å². The van der Waals surface area contributed by atoms with E-state index < -0.39 is 0 Å². The van der Waals surface area contributed by atoms with Crippen LogP contribution in [0.15, 0.2) is 24.4 Å². The van der Waals surface area contributed by atoms with E-state index in [2.05, 4.69) is 25.3 Å². The summed E-state index contributed by atoms with van der Waals surface area (Å²) in [6.07, 6.45) is 4.11. The largest absolute Gasteiger partial charge is 2.00 e. The Kier molecular flexibility index (Phi) is 50.5. The van der Waals surface area contributed by atoms with Gasteiger partial charge in [-0.1, -0.05) is 12.2 Å². The third kappa shape index (κ3) is 22.9. The quantitative estimate of drug-likeness (QED) is 0.276. The van der Waals surface area contributed by atoms with E-state index in [0.29, 0.717) is 0 Å². The fourth-order valence-electron chi connectivity index (χ4n) is 0.381. The van der Waals surface area contributed by atoms with E-state index in [9.17, 15) is 0 Å². The Morgan fingerprint density at radius 1 is 1.40 bits per heavy atom. The molecule has 0 bridgehead atoms. The van der Waals surface area contributed by atoms with Crippen molar-refractivity contribution in [3.05, 3.63) is 24.4 Å². The standard InChI is InChI=1S/C6H12Si.2ClH.Zr/c1-3-5-7-6-4-2;;;/h3-4,6H,1,5,7H2,2H3;2*1H;/q;;;+2/p-2. The molecule has 0 aliphatic rings. The van der Waals surface area contributed by atoms with Crippen LogP contribution < -0.4 is 24.8 Å². The minimum absolute atomic E-state index is 0. The van der Waals surface area contributed by atoms with Gasteiger partial charge in [-0.25, -0.2) is 0 Å². The van der Waals surface area contributed by atoms with Gasteiger partial charge in [0.1, 0.15) is 0 Å². The second kappa shape index (κ2) is 22.5. The van der Waals surface area contributed by atoms with Crippen LogP contribution in [0.4, 0.5) is 0 Å². The Bertz CT molecular complexity index is 76.1. The van der Waals surface area contributed by atoms with Crippen molar-refractivity contribution >= 4 is 9.52 Å². The van der Waals surface area contributed by atoms with Crippen molar-refractivity contribution in [3.8, 4) is 0 Å². The third-order valence-corrected chi connectivity index (χ3v) is 2.32. The van der Waals surface area contributed by atoms with Gasteiger partial charge in [0.15, 0.2) is 0 Å². The number of allylic oxidation sites excluding steroid dienone is 2. The van der Waals surface area contributed by atoms with Crippen LogP contribution >= 0.6 is 0 Å². The Labute approximate surface area is 97.3 Å². The maximum atomic E-state index is 3.63. The van der Waals surface area contributed by atoms with E-state index >= 15 is 0 Å². The zero-order valence-corrected chi connectivity index (χ0v) is 11.5. The molecule has 0 unspecified atom stereocenters. The molecule has 0 atom stereocenters. The van der Waals surface area contributed by atoms with Gasteiger partial charge in [-0.05, 0) is 13.0 Å². The van der Waals surface area contributed by atoms with E-state index in [4.69, 9.17) is 0 Å². The van der Waals surface area contributed by atoms with Gasteiger partial charge in [0.2, 0.25) is 0 Å². The summed E-state index contributed by atoms with van der Waals surface area (Å²) >= 11 is 0. The molecular formula is C6H12Cl2SiZr. The maximum Gasteiger partial charge on any atom is 2.00 e. The zero-order chi connectivity index (χ0) is 5.54. The monoisotopic (exact) mass is 272 g/mol. The summed E-state index contributed by atoms with van der Waals surface area (Å²) in [5, 5.41) is 0. The molecule has 0 aromatic rings. The van der Waals surface area contributed by atoms with Crippen molar-refractivity contribution in [1.82, 2.24) is 0 Å². The van der Waals surface area contributed by atoms with E-state index in [-0.39, 0.29) is 60.5 Å². The van der Waals surface area contributed by atoms with E-state index in [1.165, 1.54) is 6.04 Å². The molecule has 58 valence electrons. The molecule has 0 saturated heterocycles. The van der Waals surface area contributed by atoms with Crippen LogP contribution in [-0.2, 0) is 26.2 Å². The first kappa shape index (κ1) is 22.5. The van der Waals surface area contributed by atoms with Crippen molar-refractivity contribution in [2.45, 2.75) is 13.0 Å². The van der Waals surface area contributed by atoms with Crippen LogP contribution in [0.5, 0.6) is 0 Å². The van der Waals surface area contributed by atoms with Crippen LogP contribution in [0.3, 0.4) is 0 Å². The molecule has 0 rings (SSSR count). The van der Waals surface area contributed by atoms with Gasteiger partial charge in [0.25, 0.3) is 0 Å². The van der Waals surface area contributed by atoms with Gasteiger partial charge in [-0.2, -0.15) is 0 Å². The fraction of sp³-hybridized carbons (Fsp3) is 0.333. The molecule has 0 saturated carbocycles. The van der Waals surface area contributed by atoms with Crippen molar-refractivity contribution < 1.29 is 51.0 Å². The minimum atomic E-state index is 0. The molecule has 0 spiro atoms. The van der Waals surface area contributed by atoms with Gasteiger partial charge in [-0.3, -0.25) is 0 Å². The second-order valence-electron chi connectivity index (χ2n) is 1.44. The first-order valence-electron chi connectivity index (χ1n) is 2.64. The molecule has 0 aliphatic carbocycles. The van der Waals surface area contributed by atoms with Gasteiger partial charge in [-0.15, -0.1) is 12.3 Å². The summed E-state index contributed by atoms with van der Waals surface area (Å²) in [7, 11) is 0.113. The summed E-state index contributed by atoms with van der Waals surface area (Å²) in [6, 6.07) is 1.24. The molecule has 0 radical (unpaired) electrons. The van der Waals surface area contributed by atoms with E-state index in [1.807, 2.05) is 6.08 Å². The Morgan fingerprint density at radius 3 is 2.20 bits per heavy atom. The van der Waals surface area contributed by atoms with Crippen molar-refractivity contribution in [1.29, 1.82) is 0 Å². The van der Waals surface area contributed by atoms with E-state index in [0.717, 1.165) is 0 Å². The molecular weight excluding hydrogens is 262 g/mol. The molecule has 4 heteroatoms. The first-order chi connectivity index (χ1) is 3.41. The second-order valence-corrected chi connectivity index (χ2v) is 3.06. The van der Waals surface area contributed by atoms with Crippen molar-refractivity contribution in [2.75, 3.05) is 0 Å². The predicted octanol–water partition coefficient (Wildman–Crippen LogP) is -4.70. The minimum Gasteiger partial charge on any atom is -1.00 e. The average Bonchev–Trinajstić information content (AvgIpc) is 1.69. The Morgan fingerprint density at radius 2 is 1.90 bits per heavy atom. The van der Waals surface area contributed by atoms with Crippen LogP contribution in [0.2, 0.25) is 6.04 Å². The number of hydrogen-bond donors (Lipinski definition) is 0. The summed E-state index contributed by atoms with van der Waals surface area (Å²) in [5.41, 5.74) is 2.28. The smallest absolute Gasteiger partial charge is 1.00 e. The molecule has 0 aromatic heterocycles. The molecule has 0 heterocycles. The maximum absolute atomic E-state index is 3.63. The fourth-order valence-corrected chi connectivity index (χ4v) is 1.14. The SMILES string of the molecule is C=CC[SiH2]C=CC.[Cl-].[Cl-].[Zr+2]. The van der Waals surface area contributed by atoms with Crippen LogP contribution in [0.25, 0.3) is 0 Å². The molecule has 0 aromatic carbocycles. The normalized spacial score (nSPS) is 8.10. The molecule has 0 amide bonds. The predicted molar refractivity (Wildman–Crippen MR) is 38.4 cm³/mol. The number of rotatable bonds is 3. The van der Waals surface area contributed by atoms with Gasteiger partial charge in [0, 0.05) is 9.52 Å². The van der Waals surface area contributed by atoms with Gasteiger partial charge < -0.3 is 24.8 Å². The van der Waals surface area contributed by atoms with Crippen LogP contribution in [-0.4, -0.2) is 9.52 Å². The van der Waals surface area contributed by atoms with Crippen molar-refractivity contribution in [3.63, 3.8) is 0 Å². The number of hydrogen-bond acceptors (Lipinski definition) is 0. The Hall–Kier alpha value is 1.16. The molecule has 0 nitrogen and oxygen atoms in total. The summed E-state index contributed by atoms with van der Waals surface area (Å²) in [5.74, 6) is 0. The van der Waals surface area contributed by atoms with Crippen LogP contribution in [0.1, 0.15) is 6.92 Å². The summed E-state index contributed by atoms with van der Waals surface area (Å²) in [4.78, 5) is 0. The molecule has 10 heavy (non-hydrogen) atoms. The topological polar surface area (TPSA) is 0 Å². The molecule has 0 N–H and O–H groups in total. The van der Waals surface area contributed by atoms with Crippen LogP contribution in [0, 0.1) is 0 Å². The molecule has 0 aliphatic heterocycles.